The number of H-pyrrole nitrogens is 1. The van der Waals surface area contributed by atoms with Gasteiger partial charge in [-0.15, -0.1) is 0 Å². The predicted molar refractivity (Wildman–Crippen MR) is 172 cm³/mol. The van der Waals surface area contributed by atoms with E-state index in [2.05, 4.69) is 15.3 Å². The van der Waals surface area contributed by atoms with E-state index in [1.165, 1.54) is 10.5 Å². The second-order valence-corrected chi connectivity index (χ2v) is 11.7. The smallest absolute Gasteiger partial charge is 0.310 e. The zero-order chi connectivity index (χ0) is 32.6. The third-order valence-electron chi connectivity index (χ3n) is 8.32. The fourth-order valence-corrected chi connectivity index (χ4v) is 5.89. The normalized spacial score (nSPS) is 20.5. The van der Waals surface area contributed by atoms with Crippen molar-refractivity contribution in [2.24, 2.45) is 0 Å². The average molecular weight is 639 g/mol. The molecule has 2 aliphatic rings. The van der Waals surface area contributed by atoms with Crippen molar-refractivity contribution in [3.8, 4) is 11.5 Å². The van der Waals surface area contributed by atoms with Crippen molar-refractivity contribution in [2.45, 2.75) is 63.2 Å². The minimum atomic E-state index is -0.945. The lowest BCUT2D eigenvalue weighted by molar-refractivity contribution is -0.168. The number of esters is 1. The Morgan fingerprint density at radius 3 is 2.45 bits per heavy atom. The minimum Gasteiger partial charge on any atom is -0.497 e. The summed E-state index contributed by atoms with van der Waals surface area (Å²) < 4.78 is 22.6. The van der Waals surface area contributed by atoms with E-state index in [1.54, 1.807) is 13.3 Å². The number of aromatic nitrogens is 2. The summed E-state index contributed by atoms with van der Waals surface area (Å²) in [6.45, 7) is 0.403. The van der Waals surface area contributed by atoms with E-state index in [-0.39, 0.29) is 31.8 Å². The first kappa shape index (κ1) is 31.8. The summed E-state index contributed by atoms with van der Waals surface area (Å²) in [4.78, 5) is 48.8. The number of cyclic esters (lactones) is 1. The highest BCUT2D eigenvalue weighted by Crippen LogP contribution is 2.26. The van der Waals surface area contributed by atoms with E-state index in [0.29, 0.717) is 12.2 Å². The number of hydrogen-bond acceptors (Lipinski definition) is 8. The summed E-state index contributed by atoms with van der Waals surface area (Å²) in [6.07, 6.45) is 2.95. The van der Waals surface area contributed by atoms with Gasteiger partial charge in [-0.05, 0) is 54.7 Å². The van der Waals surface area contributed by atoms with Crippen molar-refractivity contribution in [3.05, 3.63) is 114 Å². The first-order chi connectivity index (χ1) is 22.9. The molecular formula is C36H38N4O7. The third kappa shape index (κ3) is 8.17. The molecule has 0 bridgehead atoms. The average Bonchev–Trinajstić information content (AvgIpc) is 3.83. The van der Waals surface area contributed by atoms with E-state index in [4.69, 9.17) is 18.9 Å². The molecule has 1 aromatic heterocycles. The fourth-order valence-electron chi connectivity index (χ4n) is 5.89. The van der Waals surface area contributed by atoms with Crippen LogP contribution in [0.1, 0.15) is 46.7 Å². The van der Waals surface area contributed by atoms with Gasteiger partial charge in [-0.1, -0.05) is 60.7 Å². The number of para-hydroxylation sites is 1. The van der Waals surface area contributed by atoms with E-state index in [9.17, 15) is 14.4 Å². The molecule has 2 N–H and O–H groups in total. The van der Waals surface area contributed by atoms with E-state index < -0.39 is 42.3 Å². The molecule has 2 saturated heterocycles. The number of methoxy groups -OCH3 is 1. The molecule has 2 aliphatic heterocycles. The number of carbonyl (C=O) groups is 3. The number of carbonyl (C=O) groups excluding carboxylic acids is 3. The molecule has 11 heteroatoms. The maximum absolute atomic E-state index is 13.8. The summed E-state index contributed by atoms with van der Waals surface area (Å²) in [5, 5.41) is 2.92. The standard InChI is InChI=1S/C36H38N4O7/c1-44-27-17-15-24(16-18-27)11-8-12-26-21-37-33(38-26)35(43)40-22-29(46-28-13-6-3-7-14-28)19-31(40)34(42)39-30-20-32(41)47-36(30)45-23-25-9-4-2-5-10-25/h2-7,9-10,13-18,21,29-31,36H,8,11-12,19-20,22-23H2,1H3,(H,37,38)(H,39,42)/t29-,30+,31?,36+/m1/s1. The quantitative estimate of drug-likeness (QED) is 0.208. The predicted octanol–water partition coefficient (Wildman–Crippen LogP) is 4.23. The Morgan fingerprint density at radius 1 is 0.957 bits per heavy atom. The monoisotopic (exact) mass is 638 g/mol. The molecule has 3 aromatic carbocycles. The van der Waals surface area contributed by atoms with E-state index >= 15 is 0 Å². The lowest BCUT2D eigenvalue weighted by Crippen LogP contribution is -2.51. The molecule has 4 atom stereocenters. The number of aromatic amines is 1. The second kappa shape index (κ2) is 15.0. The molecule has 2 amide bonds. The lowest BCUT2D eigenvalue weighted by Gasteiger charge is -2.25. The lowest BCUT2D eigenvalue weighted by atomic mass is 10.1. The van der Waals surface area contributed by atoms with Gasteiger partial charge in [0.15, 0.2) is 5.82 Å². The van der Waals surface area contributed by atoms with Gasteiger partial charge in [0.1, 0.15) is 29.7 Å². The fraction of sp³-hybridized carbons (Fsp3) is 0.333. The van der Waals surface area contributed by atoms with Crippen molar-refractivity contribution >= 4 is 17.8 Å². The summed E-state index contributed by atoms with van der Waals surface area (Å²) in [5.74, 6) is 0.338. The molecule has 1 unspecified atom stereocenters. The summed E-state index contributed by atoms with van der Waals surface area (Å²) in [7, 11) is 1.64. The summed E-state index contributed by atoms with van der Waals surface area (Å²) in [6, 6.07) is 25.2. The number of likely N-dealkylation sites (tertiary alicyclic amines) is 1. The van der Waals surface area contributed by atoms with Crippen LogP contribution in [0.3, 0.4) is 0 Å². The van der Waals surface area contributed by atoms with E-state index in [0.717, 1.165) is 29.8 Å². The summed E-state index contributed by atoms with van der Waals surface area (Å²) in [5.41, 5.74) is 2.94. The largest absolute Gasteiger partial charge is 0.497 e. The van der Waals surface area contributed by atoms with Crippen LogP contribution in [0.15, 0.2) is 91.1 Å². The highest BCUT2D eigenvalue weighted by molar-refractivity contribution is 5.95. The van der Waals surface area contributed by atoms with Gasteiger partial charge in [-0.25, -0.2) is 4.98 Å². The zero-order valence-corrected chi connectivity index (χ0v) is 26.2. The summed E-state index contributed by atoms with van der Waals surface area (Å²) >= 11 is 0. The topological polar surface area (TPSA) is 132 Å². The number of ether oxygens (including phenoxy) is 4. The number of nitrogens with one attached hydrogen (secondary N) is 2. The van der Waals surface area contributed by atoms with Gasteiger partial charge in [0.2, 0.25) is 12.2 Å². The van der Waals surface area contributed by atoms with Gasteiger partial charge in [0, 0.05) is 18.3 Å². The number of amides is 2. The molecule has 2 fully saturated rings. The van der Waals surface area contributed by atoms with Crippen LogP contribution in [-0.4, -0.2) is 70.8 Å². The molecular weight excluding hydrogens is 600 g/mol. The van der Waals surface area contributed by atoms with Crippen molar-refractivity contribution in [3.63, 3.8) is 0 Å². The Hall–Kier alpha value is -5.16. The molecule has 11 nitrogen and oxygen atoms in total. The molecule has 0 aliphatic carbocycles. The molecule has 0 radical (unpaired) electrons. The number of rotatable bonds is 13. The van der Waals surface area contributed by atoms with Crippen LogP contribution in [0.25, 0.3) is 0 Å². The molecule has 0 saturated carbocycles. The van der Waals surface area contributed by atoms with Crippen LogP contribution in [0, 0.1) is 0 Å². The Bertz CT molecular complexity index is 1640. The van der Waals surface area contributed by atoms with Crippen LogP contribution in [0.4, 0.5) is 0 Å². The Labute approximate surface area is 273 Å². The number of aryl methyl sites for hydroxylation is 2. The van der Waals surface area contributed by atoms with Gasteiger partial charge in [0.05, 0.1) is 26.7 Å². The minimum absolute atomic E-state index is 0.0339. The SMILES string of the molecule is COc1ccc(CCCc2cnc(C(=O)N3C[C@H](Oc4ccccc4)CC3C(=O)N[C@H]3CC(=O)O[C@@H]3OCc3ccccc3)[nH]2)cc1. The number of benzene rings is 3. The first-order valence-electron chi connectivity index (χ1n) is 15.8. The number of imidazole rings is 1. The molecule has 6 rings (SSSR count). The molecule has 244 valence electrons. The Kier molecular flexibility index (Phi) is 10.1. The van der Waals surface area contributed by atoms with Gasteiger partial charge in [-0.3, -0.25) is 14.4 Å². The highest BCUT2D eigenvalue weighted by atomic mass is 16.7. The van der Waals surface area contributed by atoms with Crippen molar-refractivity contribution in [2.75, 3.05) is 13.7 Å². The second-order valence-electron chi connectivity index (χ2n) is 11.7. The van der Waals surface area contributed by atoms with Crippen LogP contribution < -0.4 is 14.8 Å². The zero-order valence-electron chi connectivity index (χ0n) is 26.2. The maximum atomic E-state index is 13.8. The molecule has 47 heavy (non-hydrogen) atoms. The Morgan fingerprint density at radius 2 is 1.70 bits per heavy atom. The maximum Gasteiger partial charge on any atom is 0.310 e. The van der Waals surface area contributed by atoms with E-state index in [1.807, 2.05) is 84.9 Å². The van der Waals surface area contributed by atoms with Gasteiger partial charge >= 0.3 is 5.97 Å². The van der Waals surface area contributed by atoms with Crippen molar-refractivity contribution in [1.82, 2.24) is 20.2 Å². The molecule has 0 spiro atoms. The van der Waals surface area contributed by atoms with Gasteiger partial charge in [-0.2, -0.15) is 0 Å². The van der Waals surface area contributed by atoms with Gasteiger partial charge < -0.3 is 34.1 Å². The van der Waals surface area contributed by atoms with Crippen LogP contribution >= 0.6 is 0 Å². The molecule has 3 heterocycles. The Balaban J connectivity index is 1.11. The van der Waals surface area contributed by atoms with Crippen LogP contribution in [0.2, 0.25) is 0 Å². The van der Waals surface area contributed by atoms with Crippen molar-refractivity contribution in [1.29, 1.82) is 0 Å². The van der Waals surface area contributed by atoms with Crippen LogP contribution in [-0.2, 0) is 38.5 Å². The molecule has 4 aromatic rings. The van der Waals surface area contributed by atoms with Gasteiger partial charge in [0.25, 0.3) is 5.91 Å². The first-order valence-corrected chi connectivity index (χ1v) is 15.8. The highest BCUT2D eigenvalue weighted by Gasteiger charge is 2.44. The number of hydrogen-bond donors (Lipinski definition) is 2. The van der Waals surface area contributed by atoms with Crippen molar-refractivity contribution < 1.29 is 33.3 Å². The third-order valence-corrected chi connectivity index (χ3v) is 8.32. The van der Waals surface area contributed by atoms with Crippen LogP contribution in [0.5, 0.6) is 11.5 Å². The number of nitrogens with zero attached hydrogens (tertiary/aromatic N) is 2.